The smallest absolute Gasteiger partial charge is 0.317 e. The molecule has 0 aromatic rings. The van der Waals surface area contributed by atoms with Crippen LogP contribution in [0.4, 0.5) is 0 Å². The Morgan fingerprint density at radius 2 is 1.67 bits per heavy atom. The number of carbonyl (C=O) groups is 1. The standard InChI is InChI=1S/C2H5NOS.H2O5S2/c3-2(4)1-5;1-6(2)5-7(3)4/h5H,1H2,(H2,3,4);(H,1,2)(H,3,4). The van der Waals surface area contributed by atoms with Gasteiger partial charge in [0, 0.05) is 0 Å². The SMILES string of the molecule is NC(=O)CS.O=S(O)OS(=O)O. The van der Waals surface area contributed by atoms with Gasteiger partial charge in [-0.25, -0.2) is 0 Å². The van der Waals surface area contributed by atoms with Crippen molar-refractivity contribution in [1.29, 1.82) is 0 Å². The third-order valence-corrected chi connectivity index (χ3v) is 1.52. The summed E-state index contributed by atoms with van der Waals surface area (Å²) in [6.45, 7) is 0. The Labute approximate surface area is 79.1 Å². The van der Waals surface area contributed by atoms with Crippen LogP contribution >= 0.6 is 12.6 Å². The summed E-state index contributed by atoms with van der Waals surface area (Å²) in [5, 5.41) is 0. The monoisotopic (exact) mass is 237 g/mol. The van der Waals surface area contributed by atoms with Crippen molar-refractivity contribution in [3.05, 3.63) is 0 Å². The first-order chi connectivity index (χ1) is 5.40. The molecule has 12 heavy (non-hydrogen) atoms. The summed E-state index contributed by atoms with van der Waals surface area (Å²) in [4.78, 5) is 9.51. The molecule has 74 valence electrons. The molecule has 7 nitrogen and oxygen atoms in total. The summed E-state index contributed by atoms with van der Waals surface area (Å²) in [5.74, 6) is -0.242. The molecule has 0 radical (unpaired) electrons. The van der Waals surface area contributed by atoms with Crippen molar-refractivity contribution >= 4 is 41.3 Å². The Balaban J connectivity index is 0. The van der Waals surface area contributed by atoms with Gasteiger partial charge in [0.25, 0.3) is 0 Å². The Hall–Kier alpha value is -0.000000000000000132. The van der Waals surface area contributed by atoms with Crippen molar-refractivity contribution in [3.63, 3.8) is 0 Å². The van der Waals surface area contributed by atoms with Crippen LogP contribution in [0.2, 0.25) is 0 Å². The van der Waals surface area contributed by atoms with Crippen LogP contribution in [0.1, 0.15) is 0 Å². The first-order valence-electron chi connectivity index (χ1n) is 2.19. The molecular weight excluding hydrogens is 230 g/mol. The van der Waals surface area contributed by atoms with E-state index in [-0.39, 0.29) is 11.7 Å². The first-order valence-corrected chi connectivity index (χ1v) is 4.89. The molecule has 0 aliphatic carbocycles. The van der Waals surface area contributed by atoms with E-state index in [9.17, 15) is 13.2 Å². The molecule has 4 N–H and O–H groups in total. The summed E-state index contributed by atoms with van der Waals surface area (Å²) in [7, 11) is 0. The number of hydrogen-bond donors (Lipinski definition) is 4. The quantitative estimate of drug-likeness (QED) is 0.356. The molecule has 0 heterocycles. The molecule has 0 rings (SSSR count). The summed E-state index contributed by atoms with van der Waals surface area (Å²) in [6.07, 6.45) is 0. The number of nitrogens with two attached hydrogens (primary N) is 1. The lowest BCUT2D eigenvalue weighted by Crippen LogP contribution is -2.10. The maximum absolute atomic E-state index is 9.51. The molecule has 0 spiro atoms. The average molecular weight is 237 g/mol. The number of rotatable bonds is 3. The molecule has 0 unspecified atom stereocenters. The fraction of sp³-hybridized carbons (Fsp3) is 0.500. The molecule has 0 saturated heterocycles. The normalized spacial score (nSPS) is 13.9. The van der Waals surface area contributed by atoms with Crippen molar-refractivity contribution in [2.24, 2.45) is 5.73 Å². The van der Waals surface area contributed by atoms with Crippen LogP contribution in [0.5, 0.6) is 0 Å². The van der Waals surface area contributed by atoms with E-state index < -0.39 is 22.7 Å². The first kappa shape index (κ1) is 14.5. The van der Waals surface area contributed by atoms with Gasteiger partial charge >= 0.3 is 22.7 Å². The van der Waals surface area contributed by atoms with Crippen molar-refractivity contribution < 1.29 is 25.9 Å². The van der Waals surface area contributed by atoms with Crippen LogP contribution in [-0.4, -0.2) is 29.2 Å². The van der Waals surface area contributed by atoms with Gasteiger partial charge in [-0.2, -0.15) is 21.0 Å². The minimum atomic E-state index is -2.65. The van der Waals surface area contributed by atoms with Crippen molar-refractivity contribution in [3.8, 4) is 0 Å². The number of primary amides is 1. The Morgan fingerprint density at radius 3 is 1.67 bits per heavy atom. The van der Waals surface area contributed by atoms with E-state index in [0.29, 0.717) is 0 Å². The van der Waals surface area contributed by atoms with Gasteiger partial charge in [0.05, 0.1) is 5.75 Å². The minimum Gasteiger partial charge on any atom is -0.369 e. The van der Waals surface area contributed by atoms with Gasteiger partial charge in [-0.1, -0.05) is 0 Å². The lowest BCUT2D eigenvalue weighted by atomic mass is 10.8. The fourth-order valence-corrected chi connectivity index (χ4v) is 0.448. The molecule has 0 fully saturated rings. The van der Waals surface area contributed by atoms with Crippen LogP contribution in [0, 0.1) is 0 Å². The number of amides is 1. The summed E-state index contributed by atoms with van der Waals surface area (Å²) in [6, 6.07) is 0. The molecule has 0 aliphatic rings. The second-order valence-corrected chi connectivity index (χ2v) is 2.86. The van der Waals surface area contributed by atoms with E-state index in [1.165, 1.54) is 0 Å². The van der Waals surface area contributed by atoms with E-state index in [1.54, 1.807) is 0 Å². The third kappa shape index (κ3) is 22.5. The van der Waals surface area contributed by atoms with Crippen LogP contribution in [0.25, 0.3) is 0 Å². The molecular formula is C2H7NO6S3. The lowest BCUT2D eigenvalue weighted by Gasteiger charge is -1.82. The molecule has 1 amide bonds. The van der Waals surface area contributed by atoms with E-state index in [0.717, 1.165) is 0 Å². The molecule has 10 heteroatoms. The van der Waals surface area contributed by atoms with Gasteiger partial charge in [0.15, 0.2) is 0 Å². The van der Waals surface area contributed by atoms with Crippen molar-refractivity contribution in [2.75, 3.05) is 5.75 Å². The summed E-state index contributed by atoms with van der Waals surface area (Å²) in [5.41, 5.74) is 4.58. The van der Waals surface area contributed by atoms with Gasteiger partial charge in [-0.3, -0.25) is 13.9 Å². The summed E-state index contributed by atoms with van der Waals surface area (Å²) < 4.78 is 37.2. The Morgan fingerprint density at radius 1 is 1.42 bits per heavy atom. The highest BCUT2D eigenvalue weighted by atomic mass is 32.3. The molecule has 0 aromatic heterocycles. The predicted octanol–water partition coefficient (Wildman–Crippen LogP) is -1.32. The second kappa shape index (κ2) is 9.09. The van der Waals surface area contributed by atoms with Crippen LogP contribution < -0.4 is 5.73 Å². The zero-order valence-electron chi connectivity index (χ0n) is 5.58. The van der Waals surface area contributed by atoms with Crippen LogP contribution in [0.3, 0.4) is 0 Å². The highest BCUT2D eigenvalue weighted by Crippen LogP contribution is 1.79. The van der Waals surface area contributed by atoms with E-state index in [1.807, 2.05) is 0 Å². The van der Waals surface area contributed by atoms with Gasteiger partial charge in [0.2, 0.25) is 5.91 Å². The van der Waals surface area contributed by atoms with Crippen LogP contribution in [-0.2, 0) is 31.1 Å². The van der Waals surface area contributed by atoms with Gasteiger partial charge in [-0.05, 0) is 0 Å². The number of hydrogen-bond acceptors (Lipinski definition) is 5. The molecule has 0 atom stereocenters. The average Bonchev–Trinajstić information content (AvgIpc) is 1.85. The van der Waals surface area contributed by atoms with E-state index >= 15 is 0 Å². The van der Waals surface area contributed by atoms with E-state index in [4.69, 9.17) is 9.11 Å². The topological polar surface area (TPSA) is 127 Å². The molecule has 0 bridgehead atoms. The zero-order chi connectivity index (χ0) is 10.1. The fourth-order valence-electron chi connectivity index (χ4n) is 0.0498. The van der Waals surface area contributed by atoms with E-state index in [2.05, 4.69) is 22.0 Å². The maximum Gasteiger partial charge on any atom is 0.317 e. The molecule has 0 saturated carbocycles. The predicted molar refractivity (Wildman–Crippen MR) is 45.7 cm³/mol. The van der Waals surface area contributed by atoms with Crippen molar-refractivity contribution in [2.45, 2.75) is 0 Å². The number of thiol groups is 1. The highest BCUT2D eigenvalue weighted by Gasteiger charge is 1.95. The third-order valence-electron chi connectivity index (χ3n) is 0.272. The Bertz CT molecular complexity index is 170. The molecule has 0 aromatic carbocycles. The number of carbonyl (C=O) groups excluding carboxylic acids is 1. The van der Waals surface area contributed by atoms with Crippen molar-refractivity contribution in [1.82, 2.24) is 0 Å². The van der Waals surface area contributed by atoms with Gasteiger partial charge in [-0.15, -0.1) is 3.63 Å². The minimum absolute atomic E-state index is 0.139. The zero-order valence-corrected chi connectivity index (χ0v) is 8.10. The van der Waals surface area contributed by atoms with Gasteiger partial charge in [0.1, 0.15) is 0 Å². The van der Waals surface area contributed by atoms with Gasteiger partial charge < -0.3 is 5.73 Å². The highest BCUT2D eigenvalue weighted by molar-refractivity contribution is 7.87. The Kier molecular flexibility index (Phi) is 11.0. The largest absolute Gasteiger partial charge is 0.369 e. The maximum atomic E-state index is 9.51. The lowest BCUT2D eigenvalue weighted by molar-refractivity contribution is -0.115. The summed E-state index contributed by atoms with van der Waals surface area (Å²) >= 11 is -1.75. The second-order valence-electron chi connectivity index (χ2n) is 1.13. The molecule has 0 aliphatic heterocycles. The van der Waals surface area contributed by atoms with Crippen LogP contribution in [0.15, 0.2) is 0 Å².